The van der Waals surface area contributed by atoms with E-state index in [1.807, 2.05) is 51.2 Å². The van der Waals surface area contributed by atoms with Crippen LogP contribution in [-0.4, -0.2) is 27.4 Å². The van der Waals surface area contributed by atoms with Crippen molar-refractivity contribution in [3.05, 3.63) is 76.6 Å². The number of nitrogens with zero attached hydrogens (tertiary/aromatic N) is 1. The number of alkyl carbamates (subject to hydrolysis) is 1. The Hall–Kier alpha value is -3.08. The molecule has 204 valence electrons. The molecule has 2 heterocycles. The summed E-state index contributed by atoms with van der Waals surface area (Å²) >= 11 is 0. The fourth-order valence-corrected chi connectivity index (χ4v) is 6.13. The monoisotopic (exact) mass is 516 g/mol. The second kappa shape index (κ2) is 11.3. The van der Waals surface area contributed by atoms with Crippen LogP contribution >= 0.6 is 0 Å². The van der Waals surface area contributed by atoms with Crippen LogP contribution in [0.2, 0.25) is 0 Å². The highest BCUT2D eigenvalue weighted by Gasteiger charge is 2.36. The van der Waals surface area contributed by atoms with Crippen LogP contribution in [0.4, 0.5) is 4.79 Å². The van der Waals surface area contributed by atoms with Crippen molar-refractivity contribution < 1.29 is 14.3 Å². The predicted octanol–water partition coefficient (Wildman–Crippen LogP) is 8.02. The molecule has 2 aromatic heterocycles. The molecule has 5 heteroatoms. The van der Waals surface area contributed by atoms with Crippen molar-refractivity contribution in [1.82, 2.24) is 9.72 Å². The zero-order valence-electron chi connectivity index (χ0n) is 24.0. The van der Waals surface area contributed by atoms with E-state index in [0.717, 1.165) is 73.7 Å². The zero-order chi connectivity index (χ0) is 27.5. The minimum atomic E-state index is -0.496. The van der Waals surface area contributed by atoms with Gasteiger partial charge in [0.05, 0.1) is 5.69 Å². The Bertz CT molecular complexity index is 1270. The first-order valence-electron chi connectivity index (χ1n) is 14.3. The maximum absolute atomic E-state index is 13.7. The molecule has 0 atom stereocenters. The molecule has 5 nitrogen and oxygen atoms in total. The van der Waals surface area contributed by atoms with Crippen LogP contribution < -0.4 is 5.32 Å². The number of aromatic nitrogens is 1. The predicted molar refractivity (Wildman–Crippen MR) is 154 cm³/mol. The molecule has 1 aliphatic carbocycles. The van der Waals surface area contributed by atoms with Gasteiger partial charge < -0.3 is 14.5 Å². The molecule has 1 aromatic carbocycles. The lowest BCUT2D eigenvalue weighted by atomic mass is 9.89. The van der Waals surface area contributed by atoms with Gasteiger partial charge in [-0.15, -0.1) is 0 Å². The van der Waals surface area contributed by atoms with Gasteiger partial charge in [0.1, 0.15) is 5.60 Å². The number of hydrogen-bond donors (Lipinski definition) is 1. The fraction of sp³-hybridized carbons (Fsp3) is 0.515. The van der Waals surface area contributed by atoms with Gasteiger partial charge in [-0.1, -0.05) is 63.9 Å². The van der Waals surface area contributed by atoms with E-state index in [2.05, 4.69) is 48.7 Å². The number of carbonyl (C=O) groups is 2. The molecular formula is C33H44N2O3. The molecule has 1 amide bonds. The summed E-state index contributed by atoms with van der Waals surface area (Å²) in [4.78, 5) is 26.2. The maximum Gasteiger partial charge on any atom is 0.408 e. The lowest BCUT2D eigenvalue weighted by Crippen LogP contribution is -2.48. The van der Waals surface area contributed by atoms with E-state index in [9.17, 15) is 9.59 Å². The molecule has 4 rings (SSSR count). The van der Waals surface area contributed by atoms with Crippen molar-refractivity contribution in [3.8, 4) is 0 Å². The molecular weight excluding hydrogens is 472 g/mol. The van der Waals surface area contributed by atoms with Crippen molar-refractivity contribution in [2.24, 2.45) is 0 Å². The van der Waals surface area contributed by atoms with Gasteiger partial charge in [-0.05, 0) is 94.0 Å². The Morgan fingerprint density at radius 3 is 2.34 bits per heavy atom. The van der Waals surface area contributed by atoms with Crippen molar-refractivity contribution in [3.63, 3.8) is 0 Å². The maximum atomic E-state index is 13.7. The van der Waals surface area contributed by atoms with E-state index in [0.29, 0.717) is 5.92 Å². The molecule has 0 unspecified atom stereocenters. The van der Waals surface area contributed by atoms with Gasteiger partial charge in [-0.25, -0.2) is 4.79 Å². The van der Waals surface area contributed by atoms with Crippen molar-refractivity contribution in [2.75, 3.05) is 0 Å². The first kappa shape index (κ1) is 27.9. The topological polar surface area (TPSA) is 59.8 Å². The number of nitrogens with one attached hydrogen (secondary N) is 1. The van der Waals surface area contributed by atoms with E-state index >= 15 is 0 Å². The number of amides is 1. The Morgan fingerprint density at radius 1 is 1.05 bits per heavy atom. The van der Waals surface area contributed by atoms with Crippen LogP contribution in [-0.2, 0) is 17.6 Å². The number of carbonyl (C=O) groups excluding carboxylic acids is 2. The summed E-state index contributed by atoms with van der Waals surface area (Å²) in [6, 6.07) is 14.3. The van der Waals surface area contributed by atoms with Gasteiger partial charge in [0, 0.05) is 22.8 Å². The normalized spacial score (nSPS) is 15.2. The van der Waals surface area contributed by atoms with Gasteiger partial charge in [0.25, 0.3) is 0 Å². The van der Waals surface area contributed by atoms with E-state index < -0.39 is 5.60 Å². The van der Waals surface area contributed by atoms with Crippen LogP contribution in [0, 0.1) is 0 Å². The first-order valence-corrected chi connectivity index (χ1v) is 14.3. The highest BCUT2D eigenvalue weighted by Crippen LogP contribution is 2.35. The summed E-state index contributed by atoms with van der Waals surface area (Å²) < 4.78 is 7.61. The van der Waals surface area contributed by atoms with Crippen LogP contribution in [0.1, 0.15) is 119 Å². The van der Waals surface area contributed by atoms with Crippen molar-refractivity contribution >= 4 is 17.4 Å². The average Bonchev–Trinajstić information content (AvgIpc) is 3.45. The van der Waals surface area contributed by atoms with Crippen molar-refractivity contribution in [2.45, 2.75) is 110 Å². The summed E-state index contributed by atoms with van der Waals surface area (Å²) in [5, 5.41) is 3.20. The summed E-state index contributed by atoms with van der Waals surface area (Å²) in [7, 11) is 0. The summed E-state index contributed by atoms with van der Waals surface area (Å²) in [5.74, 6) is 0.423. The number of benzene rings is 1. The zero-order valence-corrected chi connectivity index (χ0v) is 24.0. The number of ether oxygens (including phenoxy) is 1. The molecule has 0 aliphatic heterocycles. The SMILES string of the molecule is CCc1c(C(C)C)c2ccccn2c1C(=O)c1ccc(CCCC2(NC(=O)OC(C)(C)C)CCCC2)cc1. The minimum Gasteiger partial charge on any atom is -0.444 e. The van der Waals surface area contributed by atoms with Crippen LogP contribution in [0.15, 0.2) is 48.7 Å². The second-order valence-corrected chi connectivity index (χ2v) is 12.2. The highest BCUT2D eigenvalue weighted by molar-refractivity contribution is 6.10. The largest absolute Gasteiger partial charge is 0.444 e. The number of aryl methyl sites for hydroxylation is 1. The number of ketones is 1. The molecule has 0 spiro atoms. The molecule has 38 heavy (non-hydrogen) atoms. The van der Waals surface area contributed by atoms with Gasteiger partial charge in [-0.2, -0.15) is 0 Å². The molecule has 1 N–H and O–H groups in total. The summed E-state index contributed by atoms with van der Waals surface area (Å²) in [6.07, 6.45) is 9.63. The molecule has 1 aliphatic rings. The molecule has 0 radical (unpaired) electrons. The van der Waals surface area contributed by atoms with E-state index in [-0.39, 0.29) is 17.4 Å². The van der Waals surface area contributed by atoms with Gasteiger partial charge >= 0.3 is 6.09 Å². The quantitative estimate of drug-likeness (QED) is 0.293. The Morgan fingerprint density at radius 2 is 1.74 bits per heavy atom. The van der Waals surface area contributed by atoms with Gasteiger partial charge in [0.2, 0.25) is 5.78 Å². The van der Waals surface area contributed by atoms with E-state index in [4.69, 9.17) is 4.74 Å². The molecule has 0 bridgehead atoms. The number of pyridine rings is 1. The minimum absolute atomic E-state index is 0.0768. The number of fused-ring (bicyclic) bond motifs is 1. The van der Waals surface area contributed by atoms with E-state index in [1.54, 1.807) is 0 Å². The van der Waals surface area contributed by atoms with Crippen LogP contribution in [0.5, 0.6) is 0 Å². The summed E-state index contributed by atoms with van der Waals surface area (Å²) in [5.41, 5.74) is 5.61. The van der Waals surface area contributed by atoms with Crippen molar-refractivity contribution in [1.29, 1.82) is 0 Å². The number of rotatable bonds is 9. The van der Waals surface area contributed by atoms with E-state index in [1.165, 1.54) is 11.1 Å². The molecule has 3 aromatic rings. The number of hydrogen-bond acceptors (Lipinski definition) is 3. The highest BCUT2D eigenvalue weighted by atomic mass is 16.6. The smallest absolute Gasteiger partial charge is 0.408 e. The molecule has 1 fully saturated rings. The Balaban J connectivity index is 1.45. The third-order valence-corrected chi connectivity index (χ3v) is 7.80. The lowest BCUT2D eigenvalue weighted by Gasteiger charge is -2.32. The average molecular weight is 517 g/mol. The molecule has 0 saturated heterocycles. The fourth-order valence-electron chi connectivity index (χ4n) is 6.13. The lowest BCUT2D eigenvalue weighted by molar-refractivity contribution is 0.0449. The van der Waals surface area contributed by atoms with Gasteiger partial charge in [0.15, 0.2) is 0 Å². The standard InChI is InChI=1S/C33H44N2O3/c1-7-26-28(23(2)3)27-14-8-11-22-35(27)29(26)30(36)25-17-15-24(16-18-25)13-12-21-33(19-9-10-20-33)34-31(37)38-32(4,5)6/h8,11,14-18,22-23H,7,9-10,12-13,19-21H2,1-6H3,(H,34,37). The third kappa shape index (κ3) is 6.14. The first-order chi connectivity index (χ1) is 18.0. The Kier molecular flexibility index (Phi) is 8.34. The Labute approximate surface area is 228 Å². The summed E-state index contributed by atoms with van der Waals surface area (Å²) in [6.45, 7) is 12.2. The second-order valence-electron chi connectivity index (χ2n) is 12.2. The van der Waals surface area contributed by atoms with Crippen LogP contribution in [0.25, 0.3) is 5.52 Å². The van der Waals surface area contributed by atoms with Crippen LogP contribution in [0.3, 0.4) is 0 Å². The molecule has 1 saturated carbocycles. The third-order valence-electron chi connectivity index (χ3n) is 7.80. The van der Waals surface area contributed by atoms with Gasteiger partial charge in [-0.3, -0.25) is 4.79 Å².